The molecule has 2 atom stereocenters. The Morgan fingerprint density at radius 1 is 0.932 bits per heavy atom. The molecule has 0 fully saturated rings. The zero-order valence-corrected chi connectivity index (χ0v) is 26.8. The second kappa shape index (κ2) is 15.5. The van der Waals surface area contributed by atoms with Crippen LogP contribution in [0.4, 0.5) is 10.1 Å². The summed E-state index contributed by atoms with van der Waals surface area (Å²) in [5, 5.41) is 52.6. The molecule has 230 valence electrons. The Labute approximate surface area is 287 Å². The third-order valence-corrected chi connectivity index (χ3v) is 7.13. The van der Waals surface area contributed by atoms with Gasteiger partial charge in [0.2, 0.25) is 0 Å². The molecule has 0 saturated carbocycles. The number of benzene rings is 3. The fraction of sp³-hybridized carbons (Fsp3) is 0.273. The fourth-order valence-corrected chi connectivity index (χ4v) is 5.30. The van der Waals surface area contributed by atoms with Crippen LogP contribution in [-0.2, 0) is 11.3 Å². The maximum absolute atomic E-state index is 14.1. The standard InChI is InChI=1S/C33H35FN2O7.Ca.2H/c1-19(2)31-30(33(43)35-26-13-12-23(37)17-27(26)40)29(20-6-4-3-5-7-20)32(21-8-10-22(34)11-9-21)36(31)15-14-24(38)16-25(39)18-28(41)42;;;/h3-13,17,19,24-25,37-40H,14-16,18H2,1-2H3,(H,35,43)(H,41,42);;;/q;+2;2*-1. The van der Waals surface area contributed by atoms with Crippen molar-refractivity contribution < 1.29 is 42.4 Å². The van der Waals surface area contributed by atoms with E-state index in [0.717, 1.165) is 6.07 Å². The van der Waals surface area contributed by atoms with Crippen LogP contribution in [-0.4, -0.2) is 91.9 Å². The number of carboxylic acid groups (broad SMARTS) is 1. The van der Waals surface area contributed by atoms with Crippen molar-refractivity contribution in [1.29, 1.82) is 0 Å². The molecule has 0 radical (unpaired) electrons. The third kappa shape index (κ3) is 8.40. The van der Waals surface area contributed by atoms with E-state index in [1.54, 1.807) is 12.1 Å². The molecular formula is C33H37CaFN2O7. The van der Waals surface area contributed by atoms with Gasteiger partial charge in [-0.2, -0.15) is 0 Å². The van der Waals surface area contributed by atoms with E-state index < -0.39 is 36.3 Å². The van der Waals surface area contributed by atoms with Gasteiger partial charge in [0, 0.05) is 23.9 Å². The van der Waals surface area contributed by atoms with Crippen molar-refractivity contribution in [2.24, 2.45) is 0 Å². The molecule has 3 aromatic carbocycles. The average molecular weight is 633 g/mol. The number of carbonyl (C=O) groups is 2. The van der Waals surface area contributed by atoms with E-state index in [9.17, 15) is 34.4 Å². The van der Waals surface area contributed by atoms with E-state index in [1.807, 2.05) is 48.7 Å². The SMILES string of the molecule is CC(C)c1c(C(=O)Nc2ccc(O)cc2O)c(-c2ccccc2)c(-c2ccc(F)cc2)n1CCC(O)CC(O)CC(=O)O.[Ca+2].[H-].[H-]. The Kier molecular flexibility index (Phi) is 12.4. The van der Waals surface area contributed by atoms with E-state index in [-0.39, 0.29) is 83.1 Å². The van der Waals surface area contributed by atoms with Gasteiger partial charge in [0.15, 0.2) is 0 Å². The molecule has 4 aromatic rings. The van der Waals surface area contributed by atoms with Crippen molar-refractivity contribution in [2.75, 3.05) is 5.32 Å². The first-order chi connectivity index (χ1) is 20.5. The average Bonchev–Trinajstić information content (AvgIpc) is 3.29. The zero-order chi connectivity index (χ0) is 31.3. The number of rotatable bonds is 12. The monoisotopic (exact) mass is 632 g/mol. The van der Waals surface area contributed by atoms with Gasteiger partial charge < -0.3 is 38.3 Å². The van der Waals surface area contributed by atoms with Crippen LogP contribution in [0.3, 0.4) is 0 Å². The van der Waals surface area contributed by atoms with Gasteiger partial charge >= 0.3 is 43.7 Å². The minimum absolute atomic E-state index is 0. The molecule has 0 bridgehead atoms. The first-order valence-corrected chi connectivity index (χ1v) is 13.9. The summed E-state index contributed by atoms with van der Waals surface area (Å²) >= 11 is 0. The number of hydrogen-bond donors (Lipinski definition) is 6. The van der Waals surface area contributed by atoms with Gasteiger partial charge in [-0.1, -0.05) is 44.2 Å². The number of phenolic OH excluding ortho intramolecular Hbond substituents is 2. The molecule has 2 unspecified atom stereocenters. The van der Waals surface area contributed by atoms with Crippen LogP contribution in [0, 0.1) is 5.82 Å². The molecule has 0 aliphatic heterocycles. The largest absolute Gasteiger partial charge is 2.00 e. The van der Waals surface area contributed by atoms with Crippen molar-refractivity contribution in [3.63, 3.8) is 0 Å². The number of amides is 1. The maximum atomic E-state index is 14.1. The summed E-state index contributed by atoms with van der Waals surface area (Å²) in [6.45, 7) is 4.02. The minimum atomic E-state index is -1.22. The van der Waals surface area contributed by atoms with Crippen LogP contribution in [0.2, 0.25) is 0 Å². The number of phenols is 2. The van der Waals surface area contributed by atoms with Gasteiger partial charge in [0.25, 0.3) is 5.91 Å². The number of aromatic hydroxyl groups is 2. The Bertz CT molecular complexity index is 1600. The van der Waals surface area contributed by atoms with Gasteiger partial charge in [0.05, 0.1) is 35.6 Å². The topological polar surface area (TPSA) is 152 Å². The number of nitrogens with one attached hydrogen (secondary N) is 1. The number of aliphatic carboxylic acids is 1. The predicted octanol–water partition coefficient (Wildman–Crippen LogP) is 5.57. The number of aliphatic hydroxyl groups excluding tert-OH is 2. The van der Waals surface area contributed by atoms with Crippen LogP contribution in [0.5, 0.6) is 11.5 Å². The van der Waals surface area contributed by atoms with Crippen molar-refractivity contribution in [3.8, 4) is 33.9 Å². The molecule has 6 N–H and O–H groups in total. The Hall–Kier alpha value is -3.41. The van der Waals surface area contributed by atoms with E-state index >= 15 is 0 Å². The van der Waals surface area contributed by atoms with Gasteiger partial charge in [0.1, 0.15) is 17.3 Å². The molecule has 1 heterocycles. The van der Waals surface area contributed by atoms with Gasteiger partial charge in [-0.05, 0) is 66.3 Å². The quantitative estimate of drug-likeness (QED) is 0.0679. The molecule has 4 rings (SSSR count). The molecule has 0 spiro atoms. The smallest absolute Gasteiger partial charge is 1.00 e. The van der Waals surface area contributed by atoms with Crippen LogP contribution in [0.25, 0.3) is 22.4 Å². The number of hydrogen-bond acceptors (Lipinski definition) is 6. The normalized spacial score (nSPS) is 12.4. The molecular weight excluding hydrogens is 595 g/mol. The first kappa shape index (κ1) is 35.1. The summed E-state index contributed by atoms with van der Waals surface area (Å²) < 4.78 is 15.9. The fourth-order valence-electron chi connectivity index (χ4n) is 5.30. The molecule has 11 heteroatoms. The summed E-state index contributed by atoms with van der Waals surface area (Å²) in [6.07, 6.45) is -2.77. The summed E-state index contributed by atoms with van der Waals surface area (Å²) in [6, 6.07) is 18.9. The van der Waals surface area contributed by atoms with Crippen LogP contribution >= 0.6 is 0 Å². The van der Waals surface area contributed by atoms with E-state index in [4.69, 9.17) is 5.11 Å². The molecule has 1 amide bonds. The number of anilines is 1. The maximum Gasteiger partial charge on any atom is 2.00 e. The Balaban J connectivity index is 0.00000353. The summed E-state index contributed by atoms with van der Waals surface area (Å²) in [7, 11) is 0. The number of aliphatic hydroxyl groups is 2. The predicted molar refractivity (Wildman–Crippen MR) is 169 cm³/mol. The summed E-state index contributed by atoms with van der Waals surface area (Å²) in [5.41, 5.74) is 3.52. The van der Waals surface area contributed by atoms with Gasteiger partial charge in [-0.25, -0.2) is 4.39 Å². The number of aromatic nitrogens is 1. The second-order valence-corrected chi connectivity index (χ2v) is 10.7. The second-order valence-electron chi connectivity index (χ2n) is 10.7. The van der Waals surface area contributed by atoms with E-state index in [0.29, 0.717) is 33.6 Å². The number of halogens is 1. The zero-order valence-electron chi connectivity index (χ0n) is 26.6. The van der Waals surface area contributed by atoms with Gasteiger partial charge in [-0.15, -0.1) is 0 Å². The summed E-state index contributed by atoms with van der Waals surface area (Å²) in [5.74, 6) is -2.84. The molecule has 0 aliphatic rings. The van der Waals surface area contributed by atoms with Crippen LogP contribution < -0.4 is 5.32 Å². The number of nitrogens with zero attached hydrogens (tertiary/aromatic N) is 1. The van der Waals surface area contributed by atoms with Crippen LogP contribution in [0.15, 0.2) is 72.8 Å². The van der Waals surface area contributed by atoms with Crippen molar-refractivity contribution in [2.45, 2.75) is 57.8 Å². The summed E-state index contributed by atoms with van der Waals surface area (Å²) in [4.78, 5) is 25.1. The Morgan fingerprint density at radius 3 is 2.18 bits per heavy atom. The molecule has 9 nitrogen and oxygen atoms in total. The third-order valence-electron chi connectivity index (χ3n) is 7.13. The van der Waals surface area contributed by atoms with E-state index in [2.05, 4.69) is 5.32 Å². The van der Waals surface area contributed by atoms with Crippen molar-refractivity contribution in [1.82, 2.24) is 4.57 Å². The van der Waals surface area contributed by atoms with Crippen molar-refractivity contribution >= 4 is 55.3 Å². The van der Waals surface area contributed by atoms with E-state index in [1.165, 1.54) is 24.3 Å². The molecule has 1 aromatic heterocycles. The Morgan fingerprint density at radius 2 is 1.59 bits per heavy atom. The van der Waals surface area contributed by atoms with Crippen molar-refractivity contribution in [3.05, 3.63) is 89.9 Å². The first-order valence-electron chi connectivity index (χ1n) is 13.9. The number of carboxylic acids is 1. The molecule has 0 aliphatic carbocycles. The van der Waals surface area contributed by atoms with Crippen LogP contribution in [0.1, 0.15) is 57.9 Å². The number of carbonyl (C=O) groups excluding carboxylic acids is 1. The van der Waals surface area contributed by atoms with Gasteiger partial charge in [-0.3, -0.25) is 9.59 Å². The molecule has 0 saturated heterocycles. The molecule has 44 heavy (non-hydrogen) atoms. The minimum Gasteiger partial charge on any atom is -1.00 e.